The Morgan fingerprint density at radius 1 is 1.00 bits per heavy atom. The van der Waals surface area contributed by atoms with E-state index < -0.39 is 5.97 Å². The number of aromatic carboxylic acids is 1. The Labute approximate surface area is 140 Å². The van der Waals surface area contributed by atoms with Crippen molar-refractivity contribution in [3.8, 4) is 29.6 Å². The maximum absolute atomic E-state index is 10.9. The number of nitrogen functional groups attached to an aromatic ring is 1. The van der Waals surface area contributed by atoms with Gasteiger partial charge >= 0.3 is 5.97 Å². The largest absolute Gasteiger partial charge is 0.496 e. The van der Waals surface area contributed by atoms with Crippen LogP contribution in [-0.4, -0.2) is 32.4 Å². The van der Waals surface area contributed by atoms with Gasteiger partial charge < -0.3 is 25.1 Å². The van der Waals surface area contributed by atoms with Crippen LogP contribution in [0.25, 0.3) is 0 Å². The molecule has 0 saturated heterocycles. The zero-order valence-electron chi connectivity index (χ0n) is 13.7. The second kappa shape index (κ2) is 8.96. The van der Waals surface area contributed by atoms with Gasteiger partial charge in [0.05, 0.1) is 21.3 Å². The molecule has 0 heterocycles. The molecular weight excluding hydrogens is 310 g/mol. The SMILES string of the molecule is C#Cc1ccc(N)cc1.COc1cc(OC)c(C(=O)O)cc1OC. The summed E-state index contributed by atoms with van der Waals surface area (Å²) in [6, 6.07) is 10.0. The third-order valence-corrected chi connectivity index (χ3v) is 3.01. The van der Waals surface area contributed by atoms with Gasteiger partial charge in [0, 0.05) is 23.4 Å². The van der Waals surface area contributed by atoms with Crippen LogP contribution in [0, 0.1) is 12.3 Å². The number of hydrogen-bond acceptors (Lipinski definition) is 5. The molecule has 2 aromatic carbocycles. The summed E-state index contributed by atoms with van der Waals surface area (Å²) < 4.78 is 14.9. The molecule has 0 aliphatic rings. The Balaban J connectivity index is 0.000000272. The van der Waals surface area contributed by atoms with Gasteiger partial charge in [0.1, 0.15) is 11.3 Å². The fourth-order valence-electron chi connectivity index (χ4n) is 1.78. The highest BCUT2D eigenvalue weighted by molar-refractivity contribution is 5.92. The Bertz CT molecular complexity index is 732. The molecule has 0 fully saturated rings. The van der Waals surface area contributed by atoms with E-state index in [0.717, 1.165) is 11.3 Å². The molecule has 0 radical (unpaired) electrons. The number of carboxylic acid groups (broad SMARTS) is 1. The van der Waals surface area contributed by atoms with E-state index >= 15 is 0 Å². The topological polar surface area (TPSA) is 91.0 Å². The molecular formula is C18H19NO5. The van der Waals surface area contributed by atoms with Gasteiger partial charge in [-0.25, -0.2) is 4.79 Å². The first-order valence-corrected chi connectivity index (χ1v) is 6.82. The van der Waals surface area contributed by atoms with E-state index in [1.54, 1.807) is 12.1 Å². The Morgan fingerprint density at radius 3 is 1.92 bits per heavy atom. The van der Waals surface area contributed by atoms with Gasteiger partial charge in [-0.15, -0.1) is 6.42 Å². The highest BCUT2D eigenvalue weighted by atomic mass is 16.5. The fraction of sp³-hybridized carbons (Fsp3) is 0.167. The molecule has 2 rings (SSSR count). The molecule has 6 heteroatoms. The number of benzene rings is 2. The Morgan fingerprint density at radius 2 is 1.50 bits per heavy atom. The van der Waals surface area contributed by atoms with E-state index in [1.807, 2.05) is 12.1 Å². The van der Waals surface area contributed by atoms with Crippen LogP contribution in [0.3, 0.4) is 0 Å². The molecule has 0 spiro atoms. The van der Waals surface area contributed by atoms with Crippen LogP contribution >= 0.6 is 0 Å². The summed E-state index contributed by atoms with van der Waals surface area (Å²) in [6.07, 6.45) is 5.11. The number of methoxy groups -OCH3 is 3. The standard InChI is InChI=1S/C10H12O5.C8H7N/c1-13-7-5-9(15-3)8(14-2)4-6(7)10(11)12;1-2-7-3-5-8(9)6-4-7/h4-5H,1-3H3,(H,11,12);1,3-6H,9H2. The predicted octanol–water partition coefficient (Wildman–Crippen LogP) is 2.66. The maximum atomic E-state index is 10.9. The molecule has 0 unspecified atom stereocenters. The molecule has 0 aromatic heterocycles. The highest BCUT2D eigenvalue weighted by Crippen LogP contribution is 2.34. The normalized spacial score (nSPS) is 9.08. The summed E-state index contributed by atoms with van der Waals surface area (Å²) in [5, 5.41) is 8.90. The molecule has 0 bridgehead atoms. The first-order valence-electron chi connectivity index (χ1n) is 6.82. The number of carboxylic acids is 1. The summed E-state index contributed by atoms with van der Waals surface area (Å²) in [5.74, 6) is 2.45. The van der Waals surface area contributed by atoms with Gasteiger partial charge in [-0.05, 0) is 24.3 Å². The van der Waals surface area contributed by atoms with Crippen molar-refractivity contribution >= 4 is 11.7 Å². The van der Waals surface area contributed by atoms with E-state index in [9.17, 15) is 4.79 Å². The van der Waals surface area contributed by atoms with Gasteiger partial charge in [-0.3, -0.25) is 0 Å². The maximum Gasteiger partial charge on any atom is 0.339 e. The zero-order valence-corrected chi connectivity index (χ0v) is 13.7. The monoisotopic (exact) mass is 329 g/mol. The van der Waals surface area contributed by atoms with Crippen LogP contribution in [0.2, 0.25) is 0 Å². The molecule has 0 aliphatic heterocycles. The van der Waals surface area contributed by atoms with Gasteiger partial charge in [-0.2, -0.15) is 0 Å². The van der Waals surface area contributed by atoms with E-state index in [1.165, 1.54) is 33.5 Å². The zero-order chi connectivity index (χ0) is 18.1. The quantitative estimate of drug-likeness (QED) is 0.662. The van der Waals surface area contributed by atoms with Crippen LogP contribution in [0.1, 0.15) is 15.9 Å². The molecule has 24 heavy (non-hydrogen) atoms. The Hall–Kier alpha value is -3.33. The molecule has 0 aliphatic carbocycles. The van der Waals surface area contributed by atoms with Crippen molar-refractivity contribution in [2.24, 2.45) is 0 Å². The predicted molar refractivity (Wildman–Crippen MR) is 91.8 cm³/mol. The lowest BCUT2D eigenvalue weighted by Gasteiger charge is -2.11. The average molecular weight is 329 g/mol. The molecule has 6 nitrogen and oxygen atoms in total. The van der Waals surface area contributed by atoms with Gasteiger partial charge in [0.25, 0.3) is 0 Å². The smallest absolute Gasteiger partial charge is 0.339 e. The van der Waals surface area contributed by atoms with Crippen molar-refractivity contribution in [2.45, 2.75) is 0 Å². The molecule has 3 N–H and O–H groups in total. The summed E-state index contributed by atoms with van der Waals surface area (Å²) in [5.41, 5.74) is 7.06. The number of hydrogen-bond donors (Lipinski definition) is 2. The van der Waals surface area contributed by atoms with E-state index in [-0.39, 0.29) is 11.3 Å². The molecule has 0 saturated carbocycles. The number of ether oxygens (including phenoxy) is 3. The molecule has 2 aromatic rings. The third kappa shape index (κ3) is 4.85. The lowest BCUT2D eigenvalue weighted by molar-refractivity contribution is 0.0693. The first kappa shape index (κ1) is 18.7. The van der Waals surface area contributed by atoms with Gasteiger partial charge in [0.2, 0.25) is 0 Å². The second-order valence-corrected chi connectivity index (χ2v) is 4.48. The van der Waals surface area contributed by atoms with Crippen LogP contribution in [0.4, 0.5) is 5.69 Å². The van der Waals surface area contributed by atoms with E-state index in [4.69, 9.17) is 31.5 Å². The average Bonchev–Trinajstić information content (AvgIpc) is 2.61. The Kier molecular flexibility index (Phi) is 6.98. The van der Waals surface area contributed by atoms with Crippen LogP contribution < -0.4 is 19.9 Å². The summed E-state index contributed by atoms with van der Waals surface area (Å²) in [6.45, 7) is 0. The molecule has 0 amide bonds. The van der Waals surface area contributed by atoms with Gasteiger partial charge in [-0.1, -0.05) is 5.92 Å². The lowest BCUT2D eigenvalue weighted by atomic mass is 10.2. The third-order valence-electron chi connectivity index (χ3n) is 3.01. The van der Waals surface area contributed by atoms with Crippen molar-refractivity contribution in [1.82, 2.24) is 0 Å². The fourth-order valence-corrected chi connectivity index (χ4v) is 1.78. The second-order valence-electron chi connectivity index (χ2n) is 4.48. The minimum Gasteiger partial charge on any atom is -0.496 e. The minimum absolute atomic E-state index is 0.0372. The number of rotatable bonds is 4. The van der Waals surface area contributed by atoms with Crippen molar-refractivity contribution < 1.29 is 24.1 Å². The summed E-state index contributed by atoms with van der Waals surface area (Å²) in [7, 11) is 4.31. The number of anilines is 1. The van der Waals surface area contributed by atoms with E-state index in [2.05, 4.69) is 5.92 Å². The van der Waals surface area contributed by atoms with Crippen molar-refractivity contribution in [2.75, 3.05) is 27.1 Å². The highest BCUT2D eigenvalue weighted by Gasteiger charge is 2.16. The van der Waals surface area contributed by atoms with Crippen molar-refractivity contribution in [3.05, 3.63) is 47.5 Å². The van der Waals surface area contributed by atoms with Crippen LogP contribution in [0.5, 0.6) is 17.2 Å². The van der Waals surface area contributed by atoms with Crippen LogP contribution in [-0.2, 0) is 0 Å². The summed E-state index contributed by atoms with van der Waals surface area (Å²) in [4.78, 5) is 10.9. The van der Waals surface area contributed by atoms with Crippen LogP contribution in [0.15, 0.2) is 36.4 Å². The van der Waals surface area contributed by atoms with Gasteiger partial charge in [0.15, 0.2) is 11.5 Å². The molecule has 126 valence electrons. The summed E-state index contributed by atoms with van der Waals surface area (Å²) >= 11 is 0. The lowest BCUT2D eigenvalue weighted by Crippen LogP contribution is -2.02. The van der Waals surface area contributed by atoms with E-state index in [0.29, 0.717) is 11.5 Å². The first-order chi connectivity index (χ1) is 11.5. The minimum atomic E-state index is -1.08. The van der Waals surface area contributed by atoms with Crippen molar-refractivity contribution in [3.63, 3.8) is 0 Å². The van der Waals surface area contributed by atoms with Crippen molar-refractivity contribution in [1.29, 1.82) is 0 Å². The number of nitrogens with two attached hydrogens (primary N) is 1. The molecule has 0 atom stereocenters. The number of terminal acetylenes is 1. The number of carbonyl (C=O) groups is 1.